The largest absolute Gasteiger partial charge is 0.497 e. The first-order valence-corrected chi connectivity index (χ1v) is 37.0. The van der Waals surface area contributed by atoms with E-state index < -0.39 is 11.9 Å². The second-order valence-electron chi connectivity index (χ2n) is 26.5. The lowest BCUT2D eigenvalue weighted by Gasteiger charge is -2.06. The van der Waals surface area contributed by atoms with Crippen molar-refractivity contribution in [1.82, 2.24) is 29.5 Å². The molecule has 0 spiro atoms. The van der Waals surface area contributed by atoms with Gasteiger partial charge >= 0.3 is 11.9 Å². The first-order chi connectivity index (χ1) is 57.1. The molecule has 19 heteroatoms. The molecule has 0 saturated heterocycles. The van der Waals surface area contributed by atoms with Gasteiger partial charge in [0.05, 0.1) is 52.2 Å². The van der Waals surface area contributed by atoms with Crippen LogP contribution >= 0.6 is 0 Å². The van der Waals surface area contributed by atoms with Crippen LogP contribution in [0, 0.1) is 0 Å². The lowest BCUT2D eigenvalue weighted by molar-refractivity contribution is 0.0590. The fraction of sp³-hybridized carbons (Fsp3) is 0.0612. The number of aromatic nitrogens is 6. The number of rotatable bonds is 17. The molecule has 6 heterocycles. The summed E-state index contributed by atoms with van der Waals surface area (Å²) in [6.45, 7) is 0. The van der Waals surface area contributed by atoms with Gasteiger partial charge in [0.15, 0.2) is 34.7 Å². The van der Waals surface area contributed by atoms with Crippen LogP contribution in [-0.4, -0.2) is 112 Å². The van der Waals surface area contributed by atoms with E-state index in [2.05, 4.69) is 29.7 Å². The Kier molecular flexibility index (Phi) is 25.1. The van der Waals surface area contributed by atoms with E-state index in [-0.39, 0.29) is 40.3 Å². The summed E-state index contributed by atoms with van der Waals surface area (Å²) >= 11 is 0. The number of carbonyl (C=O) groups is 8. The van der Waals surface area contributed by atoms with Crippen LogP contribution in [0.25, 0.3) is 65.4 Å². The number of H-pyrrole nitrogens is 5. The Morgan fingerprint density at radius 1 is 0.248 bits per heavy atom. The SMILES string of the molecule is COC(=O)c1ccc(C(=O)c2c[nH]c3ccccc23)cc1.COC(=O)c1ccccc1C(=O)c1c[nH]c2ccccc12.COc1ccc(C(=O)c2c[nH]c3ccccc23)cc1.COc1cccc(C(=O)c2c[nH]c3ccccc23)c1.COc1ccccc1C(=O)c1c[nH]c2ccccc12.Cn1cc(C(=O)c2ccccc2)c2ccccc21. The molecule has 0 atom stereocenters. The van der Waals surface area contributed by atoms with Gasteiger partial charge in [0, 0.05) is 171 Å². The molecule has 578 valence electrons. The standard InChI is InChI=1S/2C17H13NO3.3C16H13NO2.C16H13NO/c1-21-17(20)13-8-3-2-7-12(13)16(19)14-10-18-15-9-5-4-6-11(14)15;1-21-17(20)12-8-6-11(7-9-12)16(19)14-10-18-15-5-3-2-4-13(14)15;1-19-15-9-5-3-7-12(15)16(18)13-10-17-14-8-4-2-6-11(13)14;1-19-12-6-4-5-11(9-12)16(18)14-10-17-15-8-3-2-7-13(14)15;1-19-12-8-6-11(7-9-12)16(18)14-10-17-15-5-3-2-4-13(14)15;1-17-11-14(13-9-5-6-10-15(13)17)16(18)12-7-3-2-4-8-12/h2*2-10,18H,1H3;3*2-10,17H,1H3;2-11H,1H3. The Morgan fingerprint density at radius 2 is 0.581 bits per heavy atom. The fourth-order valence-corrected chi connectivity index (χ4v) is 13.5. The quantitative estimate of drug-likeness (QED) is 0.0420. The van der Waals surface area contributed by atoms with E-state index in [0.717, 1.165) is 82.3 Å². The minimum atomic E-state index is -0.515. The smallest absolute Gasteiger partial charge is 0.338 e. The number of esters is 2. The van der Waals surface area contributed by atoms with Crippen molar-refractivity contribution >= 4 is 112 Å². The molecule has 19 nitrogen and oxygen atoms in total. The van der Waals surface area contributed by atoms with Gasteiger partial charge < -0.3 is 53.2 Å². The van der Waals surface area contributed by atoms with E-state index in [1.807, 2.05) is 218 Å². The molecule has 18 rings (SSSR count). The monoisotopic (exact) mass is 1550 g/mol. The van der Waals surface area contributed by atoms with Crippen molar-refractivity contribution in [3.05, 3.63) is 412 Å². The number of carbonyl (C=O) groups excluding carboxylic acids is 8. The molecule has 5 N–H and O–H groups in total. The zero-order valence-corrected chi connectivity index (χ0v) is 64.5. The third-order valence-electron chi connectivity index (χ3n) is 19.5. The van der Waals surface area contributed by atoms with Crippen LogP contribution in [0.4, 0.5) is 0 Å². The molecule has 0 saturated carbocycles. The average Bonchev–Trinajstić information content (AvgIpc) is 1.66. The average molecular weight is 1550 g/mol. The molecule has 0 unspecified atom stereocenters. The highest BCUT2D eigenvalue weighted by Crippen LogP contribution is 2.30. The Balaban J connectivity index is 0.000000122. The zero-order valence-electron chi connectivity index (χ0n) is 64.5. The number of fused-ring (bicyclic) bond motifs is 6. The van der Waals surface area contributed by atoms with Crippen LogP contribution in [0.2, 0.25) is 0 Å². The molecule has 0 aliphatic carbocycles. The Hall–Kier alpha value is -15.8. The first kappa shape index (κ1) is 79.3. The molecule has 6 aromatic heterocycles. The predicted molar refractivity (Wildman–Crippen MR) is 456 cm³/mol. The molecular formula is C98H78N6O13. The van der Waals surface area contributed by atoms with E-state index in [4.69, 9.17) is 18.9 Å². The number of hydrogen-bond acceptors (Lipinski definition) is 13. The number of ether oxygens (including phenoxy) is 5. The van der Waals surface area contributed by atoms with Gasteiger partial charge in [-0.3, -0.25) is 28.8 Å². The molecule has 0 amide bonds. The lowest BCUT2D eigenvalue weighted by atomic mass is 9.98. The van der Waals surface area contributed by atoms with Crippen LogP contribution in [0.5, 0.6) is 17.2 Å². The Labute approximate surface area is 672 Å². The van der Waals surface area contributed by atoms with Crippen LogP contribution in [0.15, 0.2) is 334 Å². The summed E-state index contributed by atoms with van der Waals surface area (Å²) in [6.07, 6.45) is 10.5. The number of aryl methyl sites for hydroxylation is 1. The molecular weight excluding hydrogens is 1470 g/mol. The summed E-state index contributed by atoms with van der Waals surface area (Å²) in [7, 11) is 9.36. The highest BCUT2D eigenvalue weighted by atomic mass is 16.5. The van der Waals surface area contributed by atoms with Gasteiger partial charge in [-0.05, 0) is 103 Å². The minimum absolute atomic E-state index is 0.00338. The topological polar surface area (TPSA) is 267 Å². The van der Waals surface area contributed by atoms with Gasteiger partial charge in [-0.15, -0.1) is 0 Å². The zero-order chi connectivity index (χ0) is 81.9. The molecule has 18 aromatic rings. The Bertz CT molecular complexity index is 6640. The highest BCUT2D eigenvalue weighted by molar-refractivity contribution is 6.22. The van der Waals surface area contributed by atoms with Gasteiger partial charge in [0.1, 0.15) is 17.2 Å². The van der Waals surface area contributed by atoms with E-state index in [0.29, 0.717) is 72.7 Å². The molecule has 0 aliphatic rings. The molecule has 12 aromatic carbocycles. The van der Waals surface area contributed by atoms with Crippen LogP contribution < -0.4 is 14.2 Å². The van der Waals surface area contributed by atoms with Crippen LogP contribution in [-0.2, 0) is 16.5 Å². The van der Waals surface area contributed by atoms with Gasteiger partial charge in [-0.2, -0.15) is 0 Å². The number of hydrogen-bond donors (Lipinski definition) is 5. The normalized spacial score (nSPS) is 10.6. The highest BCUT2D eigenvalue weighted by Gasteiger charge is 2.23. The lowest BCUT2D eigenvalue weighted by Crippen LogP contribution is -2.10. The maximum Gasteiger partial charge on any atom is 0.338 e. The van der Waals surface area contributed by atoms with Crippen molar-refractivity contribution in [2.75, 3.05) is 35.5 Å². The van der Waals surface area contributed by atoms with E-state index in [9.17, 15) is 38.4 Å². The van der Waals surface area contributed by atoms with Crippen molar-refractivity contribution in [2.24, 2.45) is 7.05 Å². The molecule has 0 radical (unpaired) electrons. The predicted octanol–water partition coefficient (Wildman–Crippen LogP) is 20.0. The summed E-state index contributed by atoms with van der Waals surface area (Å²) in [5.41, 5.74) is 13.9. The van der Waals surface area contributed by atoms with Crippen molar-refractivity contribution in [3.63, 3.8) is 0 Å². The van der Waals surface area contributed by atoms with Gasteiger partial charge in [-0.25, -0.2) is 9.59 Å². The number of para-hydroxylation sites is 7. The van der Waals surface area contributed by atoms with Crippen molar-refractivity contribution in [2.45, 2.75) is 0 Å². The fourth-order valence-electron chi connectivity index (χ4n) is 13.5. The number of ketones is 6. The number of benzene rings is 12. The molecule has 0 fully saturated rings. The van der Waals surface area contributed by atoms with Crippen LogP contribution in [0.3, 0.4) is 0 Å². The number of aromatic amines is 5. The van der Waals surface area contributed by atoms with Gasteiger partial charge in [-0.1, -0.05) is 194 Å². The number of nitrogens with zero attached hydrogens (tertiary/aromatic N) is 1. The van der Waals surface area contributed by atoms with Gasteiger partial charge in [0.2, 0.25) is 0 Å². The summed E-state index contributed by atoms with van der Waals surface area (Å²) in [4.78, 5) is 114. The van der Waals surface area contributed by atoms with E-state index in [1.54, 1.807) is 149 Å². The molecule has 117 heavy (non-hydrogen) atoms. The first-order valence-electron chi connectivity index (χ1n) is 37.0. The second kappa shape index (κ2) is 37.0. The van der Waals surface area contributed by atoms with Crippen molar-refractivity contribution in [3.8, 4) is 17.2 Å². The minimum Gasteiger partial charge on any atom is -0.497 e. The van der Waals surface area contributed by atoms with Crippen LogP contribution in [0.1, 0.15) is 116 Å². The number of nitrogens with one attached hydrogen (secondary N) is 5. The summed E-state index contributed by atoms with van der Waals surface area (Å²) in [5.74, 6) is 0.870. The maximum absolute atomic E-state index is 12.7. The van der Waals surface area contributed by atoms with Crippen molar-refractivity contribution in [1.29, 1.82) is 0 Å². The molecule has 0 bridgehead atoms. The maximum atomic E-state index is 12.7. The second-order valence-corrected chi connectivity index (χ2v) is 26.5. The molecule has 0 aliphatic heterocycles. The summed E-state index contributed by atoms with van der Waals surface area (Å²) in [6, 6.07) is 90.6. The van der Waals surface area contributed by atoms with Gasteiger partial charge in [0.25, 0.3) is 0 Å². The Morgan fingerprint density at radius 3 is 1.03 bits per heavy atom. The van der Waals surface area contributed by atoms with Crippen molar-refractivity contribution < 1.29 is 62.0 Å². The third kappa shape index (κ3) is 17.8. The number of methoxy groups -OCH3 is 5. The van der Waals surface area contributed by atoms with E-state index >= 15 is 0 Å². The third-order valence-corrected chi connectivity index (χ3v) is 19.5. The summed E-state index contributed by atoms with van der Waals surface area (Å²) < 4.78 is 26.8. The summed E-state index contributed by atoms with van der Waals surface area (Å²) in [5, 5.41) is 5.55. The van der Waals surface area contributed by atoms with E-state index in [1.165, 1.54) is 14.2 Å².